The molecule has 1 aliphatic rings. The summed E-state index contributed by atoms with van der Waals surface area (Å²) in [5.41, 5.74) is 1.06. The molecule has 1 heterocycles. The molecule has 4 heteroatoms. The fraction of sp³-hybridized carbons (Fsp3) is 0.692. The minimum absolute atomic E-state index is 0.587. The van der Waals surface area contributed by atoms with Gasteiger partial charge in [-0.25, -0.2) is 9.97 Å². The van der Waals surface area contributed by atoms with Crippen LogP contribution in [-0.2, 0) is 6.42 Å². The first-order valence-electron chi connectivity index (χ1n) is 6.45. The number of rotatable bonds is 6. The lowest BCUT2D eigenvalue weighted by molar-refractivity contribution is 0.535. The monoisotopic (exact) mass is 253 g/mol. The van der Waals surface area contributed by atoms with E-state index in [-0.39, 0.29) is 0 Å². The van der Waals surface area contributed by atoms with Crippen molar-refractivity contribution >= 4 is 17.4 Å². The summed E-state index contributed by atoms with van der Waals surface area (Å²) < 4.78 is 0. The van der Waals surface area contributed by atoms with E-state index in [0.29, 0.717) is 5.15 Å². The third kappa shape index (κ3) is 3.32. The molecular weight excluding hydrogens is 234 g/mol. The maximum Gasteiger partial charge on any atom is 0.137 e. The zero-order valence-corrected chi connectivity index (χ0v) is 11.3. The molecule has 0 amide bonds. The van der Waals surface area contributed by atoms with Crippen molar-refractivity contribution in [3.05, 3.63) is 17.0 Å². The Bertz CT molecular complexity index is 377. The number of hydrogen-bond acceptors (Lipinski definition) is 3. The molecule has 0 saturated heterocycles. The van der Waals surface area contributed by atoms with Crippen LogP contribution >= 0.6 is 11.6 Å². The fourth-order valence-electron chi connectivity index (χ4n) is 2.10. The highest BCUT2D eigenvalue weighted by Gasteiger charge is 2.27. The zero-order valence-electron chi connectivity index (χ0n) is 10.5. The molecule has 1 aromatic heterocycles. The van der Waals surface area contributed by atoms with Gasteiger partial charge in [0, 0.05) is 12.1 Å². The summed E-state index contributed by atoms with van der Waals surface area (Å²) in [5.74, 6) is 2.55. The van der Waals surface area contributed by atoms with Crippen LogP contribution < -0.4 is 5.32 Å². The summed E-state index contributed by atoms with van der Waals surface area (Å²) in [7, 11) is 0. The van der Waals surface area contributed by atoms with E-state index in [1.165, 1.54) is 19.2 Å². The van der Waals surface area contributed by atoms with Crippen LogP contribution in [0.15, 0.2) is 6.33 Å². The molecule has 1 N–H and O–H groups in total. The minimum atomic E-state index is 0.587. The number of hydrogen-bond donors (Lipinski definition) is 1. The van der Waals surface area contributed by atoms with Crippen LogP contribution in [0.2, 0.25) is 5.15 Å². The van der Waals surface area contributed by atoms with Gasteiger partial charge in [0.15, 0.2) is 0 Å². The van der Waals surface area contributed by atoms with E-state index in [9.17, 15) is 0 Å². The molecular formula is C13H20ClN3. The largest absolute Gasteiger partial charge is 0.369 e. The van der Waals surface area contributed by atoms with E-state index in [2.05, 4.69) is 29.1 Å². The maximum absolute atomic E-state index is 6.11. The highest BCUT2D eigenvalue weighted by atomic mass is 35.5. The molecule has 1 unspecified atom stereocenters. The average Bonchev–Trinajstić information content (AvgIpc) is 3.13. The first-order valence-corrected chi connectivity index (χ1v) is 6.83. The Labute approximate surface area is 108 Å². The van der Waals surface area contributed by atoms with Crippen molar-refractivity contribution in [3.8, 4) is 0 Å². The normalized spacial score (nSPS) is 16.9. The van der Waals surface area contributed by atoms with Crippen LogP contribution in [0.4, 0.5) is 5.82 Å². The first-order chi connectivity index (χ1) is 8.22. The number of nitrogens with zero attached hydrogens (tertiary/aromatic N) is 2. The molecule has 2 rings (SSSR count). The Morgan fingerprint density at radius 1 is 1.47 bits per heavy atom. The van der Waals surface area contributed by atoms with Crippen LogP contribution in [-0.4, -0.2) is 16.5 Å². The smallest absolute Gasteiger partial charge is 0.137 e. The fourth-order valence-corrected chi connectivity index (χ4v) is 2.33. The van der Waals surface area contributed by atoms with Crippen molar-refractivity contribution < 1.29 is 0 Å². The summed E-state index contributed by atoms with van der Waals surface area (Å²) in [4.78, 5) is 8.35. The predicted molar refractivity (Wildman–Crippen MR) is 71.4 cm³/mol. The standard InChI is InChI=1S/C13H20ClN3/c1-3-4-11-12(14)16-8-17-13(11)15-7-9(2)10-5-6-10/h8-10H,3-7H2,1-2H3,(H,15,16,17). The number of aromatic nitrogens is 2. The molecule has 94 valence electrons. The molecule has 1 atom stereocenters. The maximum atomic E-state index is 6.11. The van der Waals surface area contributed by atoms with Gasteiger partial charge >= 0.3 is 0 Å². The summed E-state index contributed by atoms with van der Waals surface area (Å²) >= 11 is 6.11. The van der Waals surface area contributed by atoms with Gasteiger partial charge in [-0.1, -0.05) is 31.9 Å². The molecule has 1 saturated carbocycles. The van der Waals surface area contributed by atoms with Gasteiger partial charge in [0.25, 0.3) is 0 Å². The molecule has 17 heavy (non-hydrogen) atoms. The highest BCUT2D eigenvalue weighted by Crippen LogP contribution is 2.36. The van der Waals surface area contributed by atoms with E-state index in [1.807, 2.05) is 0 Å². The minimum Gasteiger partial charge on any atom is -0.369 e. The van der Waals surface area contributed by atoms with Crippen molar-refractivity contribution in [2.75, 3.05) is 11.9 Å². The topological polar surface area (TPSA) is 37.8 Å². The SMILES string of the molecule is CCCc1c(Cl)ncnc1NCC(C)C1CC1. The lowest BCUT2D eigenvalue weighted by Gasteiger charge is -2.14. The predicted octanol–water partition coefficient (Wildman–Crippen LogP) is 3.54. The van der Waals surface area contributed by atoms with Crippen molar-refractivity contribution in [3.63, 3.8) is 0 Å². The van der Waals surface area contributed by atoms with E-state index in [4.69, 9.17) is 11.6 Å². The van der Waals surface area contributed by atoms with Gasteiger partial charge in [-0.2, -0.15) is 0 Å². The second-order valence-corrected chi connectivity index (χ2v) is 5.30. The van der Waals surface area contributed by atoms with Crippen LogP contribution in [0.3, 0.4) is 0 Å². The van der Waals surface area contributed by atoms with E-state index in [1.54, 1.807) is 0 Å². The van der Waals surface area contributed by atoms with E-state index < -0.39 is 0 Å². The molecule has 0 bridgehead atoms. The summed E-state index contributed by atoms with van der Waals surface area (Å²) in [6, 6.07) is 0. The Hall–Kier alpha value is -0.830. The van der Waals surface area contributed by atoms with Crippen molar-refractivity contribution in [1.29, 1.82) is 0 Å². The number of anilines is 1. The van der Waals surface area contributed by atoms with Crippen molar-refractivity contribution in [2.45, 2.75) is 39.5 Å². The Kier molecular flexibility index (Phi) is 4.21. The molecule has 0 aromatic carbocycles. The highest BCUT2D eigenvalue weighted by molar-refractivity contribution is 6.30. The zero-order chi connectivity index (χ0) is 12.3. The van der Waals surface area contributed by atoms with Crippen molar-refractivity contribution in [1.82, 2.24) is 9.97 Å². The molecule has 1 aromatic rings. The molecule has 1 fully saturated rings. The van der Waals surface area contributed by atoms with Gasteiger partial charge in [0.1, 0.15) is 17.3 Å². The Balaban J connectivity index is 2.00. The third-order valence-corrected chi connectivity index (χ3v) is 3.74. The van der Waals surface area contributed by atoms with Crippen LogP contribution in [0.25, 0.3) is 0 Å². The number of halogens is 1. The Morgan fingerprint density at radius 2 is 2.24 bits per heavy atom. The molecule has 0 radical (unpaired) electrons. The summed E-state index contributed by atoms with van der Waals surface area (Å²) in [5, 5.41) is 4.01. The quantitative estimate of drug-likeness (QED) is 0.788. The number of nitrogens with one attached hydrogen (secondary N) is 1. The molecule has 3 nitrogen and oxygen atoms in total. The van der Waals surface area contributed by atoms with Gasteiger partial charge in [-0.3, -0.25) is 0 Å². The van der Waals surface area contributed by atoms with Gasteiger partial charge in [-0.15, -0.1) is 0 Å². The Morgan fingerprint density at radius 3 is 2.88 bits per heavy atom. The summed E-state index contributed by atoms with van der Waals surface area (Å²) in [6.45, 7) is 5.42. The van der Waals surface area contributed by atoms with Crippen molar-refractivity contribution in [2.24, 2.45) is 11.8 Å². The third-order valence-electron chi connectivity index (χ3n) is 3.41. The van der Waals surface area contributed by atoms with Gasteiger partial charge in [0.2, 0.25) is 0 Å². The van der Waals surface area contributed by atoms with Gasteiger partial charge in [0.05, 0.1) is 0 Å². The second kappa shape index (κ2) is 5.67. The van der Waals surface area contributed by atoms with Crippen LogP contribution in [0.1, 0.15) is 38.7 Å². The van der Waals surface area contributed by atoms with Gasteiger partial charge in [-0.05, 0) is 31.1 Å². The van der Waals surface area contributed by atoms with E-state index in [0.717, 1.165) is 42.6 Å². The average molecular weight is 254 g/mol. The van der Waals surface area contributed by atoms with Crippen LogP contribution in [0, 0.1) is 11.8 Å². The lowest BCUT2D eigenvalue weighted by atomic mass is 10.1. The van der Waals surface area contributed by atoms with E-state index >= 15 is 0 Å². The van der Waals surface area contributed by atoms with Gasteiger partial charge < -0.3 is 5.32 Å². The summed E-state index contributed by atoms with van der Waals surface area (Å²) in [6.07, 6.45) is 6.29. The van der Waals surface area contributed by atoms with Crippen LogP contribution in [0.5, 0.6) is 0 Å². The first kappa shape index (κ1) is 12.6. The molecule has 0 spiro atoms. The molecule has 1 aliphatic carbocycles. The second-order valence-electron chi connectivity index (χ2n) is 4.94. The lowest BCUT2D eigenvalue weighted by Crippen LogP contribution is -2.15. The molecule has 0 aliphatic heterocycles.